The molecule has 0 radical (unpaired) electrons. The highest BCUT2D eigenvalue weighted by Gasteiger charge is 2.38. The monoisotopic (exact) mass is 352 g/mol. The van der Waals surface area contributed by atoms with Crippen molar-refractivity contribution in [2.75, 3.05) is 13.7 Å². The fourth-order valence-corrected chi connectivity index (χ4v) is 4.02. The predicted molar refractivity (Wildman–Crippen MR) is 104 cm³/mol. The number of methoxy groups -OCH3 is 1. The van der Waals surface area contributed by atoms with Crippen molar-refractivity contribution in [1.29, 1.82) is 0 Å². The Morgan fingerprint density at radius 1 is 1.12 bits per heavy atom. The van der Waals surface area contributed by atoms with E-state index in [0.29, 0.717) is 13.0 Å². The lowest BCUT2D eigenvalue weighted by atomic mass is 9.78. The van der Waals surface area contributed by atoms with Crippen molar-refractivity contribution in [3.05, 3.63) is 65.7 Å². The molecule has 0 unspecified atom stereocenters. The molecule has 1 fully saturated rings. The van der Waals surface area contributed by atoms with Gasteiger partial charge in [0.15, 0.2) is 0 Å². The number of hydrogen-bond donors (Lipinski definition) is 2. The van der Waals surface area contributed by atoms with E-state index in [2.05, 4.69) is 11.4 Å². The predicted octanol–water partition coefficient (Wildman–Crippen LogP) is 3.19. The van der Waals surface area contributed by atoms with Crippen LogP contribution in [-0.2, 0) is 16.6 Å². The second-order valence-electron chi connectivity index (χ2n) is 7.20. The molecule has 0 heterocycles. The zero-order valence-corrected chi connectivity index (χ0v) is 15.4. The van der Waals surface area contributed by atoms with Crippen LogP contribution in [0.1, 0.15) is 36.8 Å². The number of amides is 1. The lowest BCUT2D eigenvalue weighted by Crippen LogP contribution is -2.47. The fraction of sp³-hybridized carbons (Fsp3) is 0.409. The summed E-state index contributed by atoms with van der Waals surface area (Å²) >= 11 is 0. The van der Waals surface area contributed by atoms with Crippen molar-refractivity contribution >= 4 is 5.91 Å². The van der Waals surface area contributed by atoms with Crippen LogP contribution in [0.25, 0.3) is 0 Å². The zero-order valence-electron chi connectivity index (χ0n) is 15.4. The van der Waals surface area contributed by atoms with Gasteiger partial charge in [-0.2, -0.15) is 0 Å². The van der Waals surface area contributed by atoms with Gasteiger partial charge in [-0.05, 0) is 30.9 Å². The minimum absolute atomic E-state index is 0.0608. The normalized spacial score (nSPS) is 16.8. The Labute approximate surface area is 155 Å². The molecule has 2 aromatic rings. The number of ether oxygens (including phenoxy) is 1. The van der Waals surface area contributed by atoms with Crippen LogP contribution in [0.15, 0.2) is 54.6 Å². The lowest BCUT2D eigenvalue weighted by molar-refractivity contribution is -0.122. The number of carbonyl (C=O) groups is 1. The standard InChI is InChI=1S/C22H28N2O2/c1-26-20-12-6-5-11-18(20)22(13-7-8-14-22)16-24-21(25)19(23)15-17-9-3-2-4-10-17/h2-6,9-12,19H,7-8,13-16,23H2,1H3,(H,24,25)/t19-/m0/s1. The number of carbonyl (C=O) groups excluding carboxylic acids is 1. The fourth-order valence-electron chi connectivity index (χ4n) is 4.02. The Balaban J connectivity index is 1.68. The molecule has 3 rings (SSSR count). The molecule has 0 bridgehead atoms. The first-order valence-electron chi connectivity index (χ1n) is 9.35. The minimum atomic E-state index is -0.534. The van der Waals surface area contributed by atoms with Crippen LogP contribution in [0.5, 0.6) is 5.75 Å². The molecule has 26 heavy (non-hydrogen) atoms. The molecule has 4 heteroatoms. The summed E-state index contributed by atoms with van der Waals surface area (Å²) in [5, 5.41) is 3.12. The van der Waals surface area contributed by atoms with Gasteiger partial charge >= 0.3 is 0 Å². The van der Waals surface area contributed by atoms with Crippen LogP contribution in [-0.4, -0.2) is 25.6 Å². The second kappa shape index (κ2) is 8.37. The summed E-state index contributed by atoms with van der Waals surface area (Å²) in [6.45, 7) is 0.606. The van der Waals surface area contributed by atoms with E-state index in [4.69, 9.17) is 10.5 Å². The summed E-state index contributed by atoms with van der Waals surface area (Å²) in [6.07, 6.45) is 5.01. The highest BCUT2D eigenvalue weighted by Crippen LogP contribution is 2.44. The molecule has 2 aromatic carbocycles. The first-order valence-corrected chi connectivity index (χ1v) is 9.35. The first kappa shape index (κ1) is 18.5. The Bertz CT molecular complexity index is 724. The molecule has 138 valence electrons. The Morgan fingerprint density at radius 2 is 1.77 bits per heavy atom. The maximum absolute atomic E-state index is 12.6. The number of hydrogen-bond acceptors (Lipinski definition) is 3. The Hall–Kier alpha value is -2.33. The smallest absolute Gasteiger partial charge is 0.237 e. The summed E-state index contributed by atoms with van der Waals surface area (Å²) in [5.74, 6) is 0.812. The molecule has 1 aliphatic rings. The van der Waals surface area contributed by atoms with Crippen LogP contribution >= 0.6 is 0 Å². The van der Waals surface area contributed by atoms with Gasteiger partial charge in [0.1, 0.15) is 5.75 Å². The molecular formula is C22H28N2O2. The minimum Gasteiger partial charge on any atom is -0.496 e. The van der Waals surface area contributed by atoms with Gasteiger partial charge in [-0.25, -0.2) is 0 Å². The average molecular weight is 352 g/mol. The maximum atomic E-state index is 12.6. The van der Waals surface area contributed by atoms with Gasteiger partial charge < -0.3 is 15.8 Å². The highest BCUT2D eigenvalue weighted by atomic mass is 16.5. The Morgan fingerprint density at radius 3 is 2.46 bits per heavy atom. The van der Waals surface area contributed by atoms with Crippen molar-refractivity contribution in [2.24, 2.45) is 5.73 Å². The van der Waals surface area contributed by atoms with Gasteiger partial charge in [0.25, 0.3) is 0 Å². The van der Waals surface area contributed by atoms with Crippen LogP contribution < -0.4 is 15.8 Å². The van der Waals surface area contributed by atoms with E-state index >= 15 is 0 Å². The van der Waals surface area contributed by atoms with Crippen molar-refractivity contribution < 1.29 is 9.53 Å². The molecule has 3 N–H and O–H groups in total. The van der Waals surface area contributed by atoms with Gasteiger partial charge in [0.2, 0.25) is 5.91 Å². The summed E-state index contributed by atoms with van der Waals surface area (Å²) in [5.41, 5.74) is 8.35. The molecule has 1 saturated carbocycles. The number of rotatable bonds is 7. The first-order chi connectivity index (χ1) is 12.6. The van der Waals surface area contributed by atoms with E-state index in [9.17, 15) is 4.79 Å². The third-order valence-electron chi connectivity index (χ3n) is 5.48. The topological polar surface area (TPSA) is 64.3 Å². The molecule has 0 spiro atoms. The molecule has 1 atom stereocenters. The summed E-state index contributed by atoms with van der Waals surface area (Å²) < 4.78 is 5.58. The van der Waals surface area contributed by atoms with Crippen molar-refractivity contribution in [1.82, 2.24) is 5.32 Å². The highest BCUT2D eigenvalue weighted by molar-refractivity contribution is 5.82. The number of para-hydroxylation sites is 1. The summed E-state index contributed by atoms with van der Waals surface area (Å²) in [4.78, 5) is 12.6. The van der Waals surface area contributed by atoms with Crippen molar-refractivity contribution in [2.45, 2.75) is 43.6 Å². The number of nitrogens with two attached hydrogens (primary N) is 1. The van der Waals surface area contributed by atoms with Gasteiger partial charge in [0.05, 0.1) is 13.2 Å². The second-order valence-corrected chi connectivity index (χ2v) is 7.20. The van der Waals surface area contributed by atoms with Crippen molar-refractivity contribution in [3.63, 3.8) is 0 Å². The van der Waals surface area contributed by atoms with Crippen LogP contribution in [0.2, 0.25) is 0 Å². The van der Waals surface area contributed by atoms with Gasteiger partial charge in [0, 0.05) is 17.5 Å². The zero-order chi connectivity index (χ0) is 18.4. The van der Waals surface area contributed by atoms with E-state index in [-0.39, 0.29) is 11.3 Å². The molecule has 0 aromatic heterocycles. The van der Waals surface area contributed by atoms with Crippen molar-refractivity contribution in [3.8, 4) is 5.75 Å². The molecule has 0 aliphatic heterocycles. The van der Waals surface area contributed by atoms with E-state index in [0.717, 1.165) is 24.2 Å². The van der Waals surface area contributed by atoms with Gasteiger partial charge in [-0.15, -0.1) is 0 Å². The maximum Gasteiger partial charge on any atom is 0.237 e. The molecule has 0 saturated heterocycles. The number of nitrogens with one attached hydrogen (secondary N) is 1. The van der Waals surface area contributed by atoms with E-state index in [1.807, 2.05) is 48.5 Å². The van der Waals surface area contributed by atoms with Gasteiger partial charge in [-0.3, -0.25) is 4.79 Å². The number of benzene rings is 2. The van der Waals surface area contributed by atoms with E-state index in [1.54, 1.807) is 7.11 Å². The van der Waals surface area contributed by atoms with Crippen LogP contribution in [0.4, 0.5) is 0 Å². The molecule has 1 aliphatic carbocycles. The third kappa shape index (κ3) is 4.07. The molecule has 4 nitrogen and oxygen atoms in total. The average Bonchev–Trinajstić information content (AvgIpc) is 3.17. The Kier molecular flexibility index (Phi) is 5.94. The summed E-state index contributed by atoms with van der Waals surface area (Å²) in [6, 6.07) is 17.5. The van der Waals surface area contributed by atoms with Crippen LogP contribution in [0, 0.1) is 0 Å². The summed E-state index contributed by atoms with van der Waals surface area (Å²) in [7, 11) is 1.70. The third-order valence-corrected chi connectivity index (χ3v) is 5.48. The SMILES string of the molecule is COc1ccccc1C1(CNC(=O)[C@@H](N)Cc2ccccc2)CCCC1. The quantitative estimate of drug-likeness (QED) is 0.804. The van der Waals surface area contributed by atoms with E-state index < -0.39 is 6.04 Å². The van der Waals surface area contributed by atoms with E-state index in [1.165, 1.54) is 18.4 Å². The molecule has 1 amide bonds. The molecular weight excluding hydrogens is 324 g/mol. The lowest BCUT2D eigenvalue weighted by Gasteiger charge is -2.31. The van der Waals surface area contributed by atoms with Gasteiger partial charge in [-0.1, -0.05) is 61.4 Å². The van der Waals surface area contributed by atoms with Crippen LogP contribution in [0.3, 0.4) is 0 Å². The largest absolute Gasteiger partial charge is 0.496 e.